The van der Waals surface area contributed by atoms with E-state index in [0.29, 0.717) is 0 Å². The van der Waals surface area contributed by atoms with Crippen LogP contribution in [0.15, 0.2) is 18.2 Å². The first-order valence-corrected chi connectivity index (χ1v) is 7.57. The molecule has 0 spiro atoms. The number of likely N-dealkylation sites (tertiary alicyclic amines) is 1. The summed E-state index contributed by atoms with van der Waals surface area (Å²) in [4.78, 5) is 14.6. The zero-order valence-electron chi connectivity index (χ0n) is 13.1. The topological polar surface area (TPSA) is 32.3 Å². The Labute approximate surface area is 122 Å². The molecule has 1 aromatic rings. The summed E-state index contributed by atoms with van der Waals surface area (Å²) < 4.78 is 0. The standard InChI is InChI=1S/C17H26N2O/c1-5-9-18-14-6-7-15(13(2)11-14)16(20)19-10-8-17(3,4)12-19/h6-7,11,18H,5,8-10,12H2,1-4H3. The molecule has 20 heavy (non-hydrogen) atoms. The van der Waals surface area contributed by atoms with Crippen LogP contribution in [0.4, 0.5) is 5.69 Å². The Morgan fingerprint density at radius 2 is 2.15 bits per heavy atom. The Balaban J connectivity index is 2.11. The third-order valence-electron chi connectivity index (χ3n) is 4.00. The summed E-state index contributed by atoms with van der Waals surface area (Å²) in [5, 5.41) is 3.36. The highest BCUT2D eigenvalue weighted by Gasteiger charge is 2.32. The summed E-state index contributed by atoms with van der Waals surface area (Å²) >= 11 is 0. The Morgan fingerprint density at radius 1 is 1.40 bits per heavy atom. The maximum absolute atomic E-state index is 12.6. The number of carbonyl (C=O) groups is 1. The predicted molar refractivity (Wildman–Crippen MR) is 84.3 cm³/mol. The van der Waals surface area contributed by atoms with E-state index >= 15 is 0 Å². The van der Waals surface area contributed by atoms with E-state index in [4.69, 9.17) is 0 Å². The summed E-state index contributed by atoms with van der Waals surface area (Å²) in [5.74, 6) is 0.176. The van der Waals surface area contributed by atoms with E-state index < -0.39 is 0 Å². The fraction of sp³-hybridized carbons (Fsp3) is 0.588. The molecule has 1 aliphatic heterocycles. The van der Waals surface area contributed by atoms with Gasteiger partial charge in [0.15, 0.2) is 0 Å². The second-order valence-corrected chi connectivity index (χ2v) is 6.60. The number of rotatable bonds is 4. The molecule has 1 saturated heterocycles. The van der Waals surface area contributed by atoms with Gasteiger partial charge >= 0.3 is 0 Å². The van der Waals surface area contributed by atoms with E-state index in [1.807, 2.05) is 24.0 Å². The van der Waals surface area contributed by atoms with Crippen molar-refractivity contribution in [2.24, 2.45) is 5.41 Å². The number of carbonyl (C=O) groups excluding carboxylic acids is 1. The second-order valence-electron chi connectivity index (χ2n) is 6.60. The molecule has 0 bridgehead atoms. The summed E-state index contributed by atoms with van der Waals surface area (Å²) in [6.07, 6.45) is 2.19. The van der Waals surface area contributed by atoms with Gasteiger partial charge in [-0.2, -0.15) is 0 Å². The summed E-state index contributed by atoms with van der Waals surface area (Å²) in [5.41, 5.74) is 3.25. The second kappa shape index (κ2) is 5.86. The highest BCUT2D eigenvalue weighted by molar-refractivity contribution is 5.96. The van der Waals surface area contributed by atoms with Gasteiger partial charge < -0.3 is 10.2 Å². The van der Waals surface area contributed by atoms with E-state index in [1.54, 1.807) is 0 Å². The zero-order chi connectivity index (χ0) is 14.8. The van der Waals surface area contributed by atoms with E-state index in [1.165, 1.54) is 0 Å². The molecule has 1 aliphatic rings. The van der Waals surface area contributed by atoms with E-state index in [0.717, 1.165) is 49.3 Å². The molecule has 0 unspecified atom stereocenters. The van der Waals surface area contributed by atoms with Crippen LogP contribution < -0.4 is 5.32 Å². The van der Waals surface area contributed by atoms with Gasteiger partial charge in [-0.1, -0.05) is 20.8 Å². The molecule has 1 N–H and O–H groups in total. The molecular weight excluding hydrogens is 248 g/mol. The summed E-state index contributed by atoms with van der Waals surface area (Å²) in [6.45, 7) is 11.3. The van der Waals surface area contributed by atoms with Gasteiger partial charge in [-0.25, -0.2) is 0 Å². The highest BCUT2D eigenvalue weighted by Crippen LogP contribution is 2.30. The first-order valence-electron chi connectivity index (χ1n) is 7.57. The minimum absolute atomic E-state index is 0.176. The van der Waals surface area contributed by atoms with Gasteiger partial charge in [0.05, 0.1) is 0 Å². The van der Waals surface area contributed by atoms with Crippen molar-refractivity contribution in [2.75, 3.05) is 25.0 Å². The lowest BCUT2D eigenvalue weighted by atomic mass is 9.93. The fourth-order valence-corrected chi connectivity index (χ4v) is 2.74. The molecule has 1 fully saturated rings. The van der Waals surface area contributed by atoms with Crippen LogP contribution in [0.25, 0.3) is 0 Å². The van der Waals surface area contributed by atoms with Crippen LogP contribution in [0.2, 0.25) is 0 Å². The maximum atomic E-state index is 12.6. The van der Waals surface area contributed by atoms with Crippen LogP contribution in [0.3, 0.4) is 0 Å². The molecular formula is C17H26N2O. The Kier molecular flexibility index (Phi) is 4.36. The lowest BCUT2D eigenvalue weighted by Crippen LogP contribution is -2.30. The first kappa shape index (κ1) is 14.9. The van der Waals surface area contributed by atoms with Crippen LogP contribution in [-0.2, 0) is 0 Å². The minimum Gasteiger partial charge on any atom is -0.385 e. The molecule has 0 aromatic heterocycles. The van der Waals surface area contributed by atoms with Gasteiger partial charge in [0.1, 0.15) is 0 Å². The third-order valence-corrected chi connectivity index (χ3v) is 4.00. The van der Waals surface area contributed by atoms with Crippen molar-refractivity contribution < 1.29 is 4.79 Å². The quantitative estimate of drug-likeness (QED) is 0.908. The third kappa shape index (κ3) is 3.33. The number of anilines is 1. The molecule has 1 heterocycles. The number of nitrogens with zero attached hydrogens (tertiary/aromatic N) is 1. The molecule has 0 aliphatic carbocycles. The average Bonchev–Trinajstić information content (AvgIpc) is 2.76. The molecule has 3 heteroatoms. The van der Waals surface area contributed by atoms with Crippen molar-refractivity contribution >= 4 is 11.6 Å². The van der Waals surface area contributed by atoms with Crippen molar-refractivity contribution in [2.45, 2.75) is 40.5 Å². The summed E-state index contributed by atoms with van der Waals surface area (Å²) in [7, 11) is 0. The van der Waals surface area contributed by atoms with Crippen molar-refractivity contribution in [3.05, 3.63) is 29.3 Å². The number of nitrogens with one attached hydrogen (secondary N) is 1. The van der Waals surface area contributed by atoms with Crippen molar-refractivity contribution in [1.82, 2.24) is 4.90 Å². The smallest absolute Gasteiger partial charge is 0.254 e. The molecule has 1 aromatic carbocycles. The predicted octanol–water partition coefficient (Wildman–Crippen LogP) is 3.69. The molecule has 110 valence electrons. The van der Waals surface area contributed by atoms with Crippen LogP contribution in [0, 0.1) is 12.3 Å². The zero-order valence-corrected chi connectivity index (χ0v) is 13.1. The number of hydrogen-bond acceptors (Lipinski definition) is 2. The van der Waals surface area contributed by atoms with E-state index in [2.05, 4.69) is 32.2 Å². The highest BCUT2D eigenvalue weighted by atomic mass is 16.2. The lowest BCUT2D eigenvalue weighted by molar-refractivity contribution is 0.0777. The molecule has 2 rings (SSSR count). The Hall–Kier alpha value is -1.51. The number of amides is 1. The monoisotopic (exact) mass is 274 g/mol. The largest absolute Gasteiger partial charge is 0.385 e. The van der Waals surface area contributed by atoms with Gasteiger partial charge in [0, 0.05) is 30.9 Å². The SMILES string of the molecule is CCCNc1ccc(C(=O)N2CCC(C)(C)C2)c(C)c1. The lowest BCUT2D eigenvalue weighted by Gasteiger charge is -2.21. The molecule has 3 nitrogen and oxygen atoms in total. The minimum atomic E-state index is 0.176. The van der Waals surface area contributed by atoms with Crippen molar-refractivity contribution in [3.8, 4) is 0 Å². The van der Waals surface area contributed by atoms with Crippen molar-refractivity contribution in [3.63, 3.8) is 0 Å². The first-order chi connectivity index (χ1) is 9.43. The van der Waals surface area contributed by atoms with Crippen LogP contribution >= 0.6 is 0 Å². The van der Waals surface area contributed by atoms with E-state index in [-0.39, 0.29) is 11.3 Å². The van der Waals surface area contributed by atoms with Gasteiger partial charge in [-0.3, -0.25) is 4.79 Å². The van der Waals surface area contributed by atoms with Gasteiger partial charge in [0.25, 0.3) is 5.91 Å². The molecule has 0 atom stereocenters. The number of benzene rings is 1. The van der Waals surface area contributed by atoms with Crippen LogP contribution in [-0.4, -0.2) is 30.4 Å². The van der Waals surface area contributed by atoms with Gasteiger partial charge in [0.2, 0.25) is 0 Å². The van der Waals surface area contributed by atoms with Crippen LogP contribution in [0.5, 0.6) is 0 Å². The molecule has 0 saturated carbocycles. The van der Waals surface area contributed by atoms with Gasteiger partial charge in [-0.05, 0) is 48.9 Å². The normalized spacial score (nSPS) is 17.3. The van der Waals surface area contributed by atoms with Crippen molar-refractivity contribution in [1.29, 1.82) is 0 Å². The number of aryl methyl sites for hydroxylation is 1. The summed E-state index contributed by atoms with van der Waals surface area (Å²) in [6, 6.07) is 6.04. The average molecular weight is 274 g/mol. The maximum Gasteiger partial charge on any atom is 0.254 e. The Morgan fingerprint density at radius 3 is 2.70 bits per heavy atom. The van der Waals surface area contributed by atoms with Crippen LogP contribution in [0.1, 0.15) is 49.5 Å². The Bertz CT molecular complexity index is 494. The number of hydrogen-bond donors (Lipinski definition) is 1. The molecule has 0 radical (unpaired) electrons. The fourth-order valence-electron chi connectivity index (χ4n) is 2.74. The van der Waals surface area contributed by atoms with Gasteiger partial charge in [-0.15, -0.1) is 0 Å². The molecule has 1 amide bonds. The van der Waals surface area contributed by atoms with E-state index in [9.17, 15) is 4.79 Å².